The average molecular weight is 276 g/mol. The van der Waals surface area contributed by atoms with Gasteiger partial charge >= 0.3 is 0 Å². The molecule has 2 aromatic rings. The Morgan fingerprint density at radius 3 is 2.70 bits per heavy atom. The number of nitrogens with zero attached hydrogens (tertiary/aromatic N) is 3. The zero-order chi connectivity index (χ0) is 14.2. The van der Waals surface area contributed by atoms with E-state index in [2.05, 4.69) is 10.1 Å². The lowest BCUT2D eigenvalue weighted by Gasteiger charge is -2.03. The Morgan fingerprint density at radius 2 is 1.95 bits per heavy atom. The standard InChI is InChI=1S/C14H20N4O2/c1-19-9-10-20-8-2-7-18-11-16-14(17-18)12-3-5-13(15)6-4-12/h3-6,11H,2,7-10,15H2,1H3. The van der Waals surface area contributed by atoms with Gasteiger partial charge in [0.25, 0.3) is 0 Å². The number of nitrogens with two attached hydrogens (primary N) is 1. The number of hydrogen-bond donors (Lipinski definition) is 1. The third-order valence-electron chi connectivity index (χ3n) is 2.81. The Bertz CT molecular complexity index is 510. The highest BCUT2D eigenvalue weighted by Gasteiger charge is 2.03. The second-order valence-corrected chi connectivity index (χ2v) is 4.41. The largest absolute Gasteiger partial charge is 0.399 e. The Hall–Kier alpha value is -1.92. The first-order valence-electron chi connectivity index (χ1n) is 6.61. The molecular formula is C14H20N4O2. The normalized spacial score (nSPS) is 10.8. The minimum atomic E-state index is 0.630. The number of ether oxygens (including phenoxy) is 2. The van der Waals surface area contributed by atoms with Crippen LogP contribution in [-0.2, 0) is 16.0 Å². The first kappa shape index (κ1) is 14.5. The lowest BCUT2D eigenvalue weighted by atomic mass is 10.2. The second kappa shape index (κ2) is 7.62. The van der Waals surface area contributed by atoms with Crippen LogP contribution < -0.4 is 5.73 Å². The lowest BCUT2D eigenvalue weighted by molar-refractivity contribution is 0.0677. The minimum absolute atomic E-state index is 0.630. The van der Waals surface area contributed by atoms with Crippen molar-refractivity contribution in [3.05, 3.63) is 30.6 Å². The summed E-state index contributed by atoms with van der Waals surface area (Å²) in [4.78, 5) is 4.29. The molecule has 0 fully saturated rings. The Labute approximate surface area is 118 Å². The van der Waals surface area contributed by atoms with Gasteiger partial charge in [-0.2, -0.15) is 5.10 Å². The van der Waals surface area contributed by atoms with Gasteiger partial charge in [-0.15, -0.1) is 0 Å². The lowest BCUT2D eigenvalue weighted by Crippen LogP contribution is -2.06. The summed E-state index contributed by atoms with van der Waals surface area (Å²) in [5.74, 6) is 0.713. The van der Waals surface area contributed by atoms with Crippen LogP contribution in [-0.4, -0.2) is 41.7 Å². The zero-order valence-electron chi connectivity index (χ0n) is 11.7. The summed E-state index contributed by atoms with van der Waals surface area (Å²) in [6, 6.07) is 7.53. The molecule has 6 nitrogen and oxygen atoms in total. The van der Waals surface area contributed by atoms with Crippen LogP contribution in [0.25, 0.3) is 11.4 Å². The van der Waals surface area contributed by atoms with Crippen molar-refractivity contribution in [3.8, 4) is 11.4 Å². The first-order chi connectivity index (χ1) is 9.79. The minimum Gasteiger partial charge on any atom is -0.399 e. The molecule has 108 valence electrons. The van der Waals surface area contributed by atoms with E-state index in [0.29, 0.717) is 25.6 Å². The van der Waals surface area contributed by atoms with Crippen molar-refractivity contribution in [1.82, 2.24) is 14.8 Å². The number of anilines is 1. The predicted octanol–water partition coefficient (Wildman–Crippen LogP) is 1.58. The predicted molar refractivity (Wildman–Crippen MR) is 77.2 cm³/mol. The molecule has 1 aromatic heterocycles. The molecule has 0 spiro atoms. The second-order valence-electron chi connectivity index (χ2n) is 4.41. The fraction of sp³-hybridized carbons (Fsp3) is 0.429. The summed E-state index contributed by atoms with van der Waals surface area (Å²) in [5.41, 5.74) is 7.36. The monoisotopic (exact) mass is 276 g/mol. The topological polar surface area (TPSA) is 75.2 Å². The summed E-state index contributed by atoms with van der Waals surface area (Å²) >= 11 is 0. The van der Waals surface area contributed by atoms with E-state index in [-0.39, 0.29) is 0 Å². The van der Waals surface area contributed by atoms with Gasteiger partial charge in [-0.05, 0) is 30.7 Å². The van der Waals surface area contributed by atoms with Gasteiger partial charge in [-0.25, -0.2) is 4.98 Å². The van der Waals surface area contributed by atoms with Gasteiger partial charge in [0.15, 0.2) is 5.82 Å². The first-order valence-corrected chi connectivity index (χ1v) is 6.61. The number of benzene rings is 1. The highest BCUT2D eigenvalue weighted by Crippen LogP contribution is 2.15. The molecule has 0 amide bonds. The maximum atomic E-state index is 5.66. The number of aryl methyl sites for hydroxylation is 1. The van der Waals surface area contributed by atoms with Crippen molar-refractivity contribution in [1.29, 1.82) is 0 Å². The van der Waals surface area contributed by atoms with Crippen LogP contribution in [0.2, 0.25) is 0 Å². The van der Waals surface area contributed by atoms with Crippen LogP contribution in [0.3, 0.4) is 0 Å². The van der Waals surface area contributed by atoms with E-state index in [4.69, 9.17) is 15.2 Å². The van der Waals surface area contributed by atoms with Crippen molar-refractivity contribution in [2.75, 3.05) is 32.7 Å². The van der Waals surface area contributed by atoms with E-state index in [0.717, 1.165) is 24.2 Å². The molecule has 0 aliphatic heterocycles. The van der Waals surface area contributed by atoms with Crippen LogP contribution in [0, 0.1) is 0 Å². The van der Waals surface area contributed by atoms with E-state index in [1.54, 1.807) is 13.4 Å². The molecule has 0 aliphatic carbocycles. The molecular weight excluding hydrogens is 256 g/mol. The van der Waals surface area contributed by atoms with Crippen molar-refractivity contribution < 1.29 is 9.47 Å². The van der Waals surface area contributed by atoms with Gasteiger partial charge in [-0.3, -0.25) is 4.68 Å². The fourth-order valence-electron chi connectivity index (χ4n) is 1.74. The molecule has 0 aliphatic rings. The zero-order valence-corrected chi connectivity index (χ0v) is 11.7. The van der Waals surface area contributed by atoms with Crippen LogP contribution in [0.15, 0.2) is 30.6 Å². The number of nitrogen functional groups attached to an aromatic ring is 1. The number of methoxy groups -OCH3 is 1. The maximum Gasteiger partial charge on any atom is 0.181 e. The van der Waals surface area contributed by atoms with Crippen LogP contribution in [0.1, 0.15) is 6.42 Å². The van der Waals surface area contributed by atoms with Gasteiger partial charge in [0, 0.05) is 31.5 Å². The van der Waals surface area contributed by atoms with Gasteiger partial charge in [0.1, 0.15) is 6.33 Å². The molecule has 2 N–H and O–H groups in total. The van der Waals surface area contributed by atoms with Crippen LogP contribution in [0.4, 0.5) is 5.69 Å². The fourth-order valence-corrected chi connectivity index (χ4v) is 1.74. The van der Waals surface area contributed by atoms with E-state index < -0.39 is 0 Å². The summed E-state index contributed by atoms with van der Waals surface area (Å²) in [7, 11) is 1.66. The van der Waals surface area contributed by atoms with E-state index >= 15 is 0 Å². The SMILES string of the molecule is COCCOCCCn1cnc(-c2ccc(N)cc2)n1. The Balaban J connectivity index is 1.79. The molecule has 0 bridgehead atoms. The highest BCUT2D eigenvalue weighted by molar-refractivity contribution is 5.57. The van der Waals surface area contributed by atoms with E-state index in [1.165, 1.54) is 0 Å². The molecule has 1 aromatic carbocycles. The van der Waals surface area contributed by atoms with Gasteiger partial charge in [-0.1, -0.05) is 0 Å². The number of hydrogen-bond acceptors (Lipinski definition) is 5. The molecule has 0 atom stereocenters. The summed E-state index contributed by atoms with van der Waals surface area (Å²) in [6.07, 6.45) is 2.63. The van der Waals surface area contributed by atoms with Crippen LogP contribution >= 0.6 is 0 Å². The summed E-state index contributed by atoms with van der Waals surface area (Å²) in [5, 5.41) is 4.43. The van der Waals surface area contributed by atoms with Gasteiger partial charge < -0.3 is 15.2 Å². The molecule has 0 unspecified atom stereocenters. The third-order valence-corrected chi connectivity index (χ3v) is 2.81. The van der Waals surface area contributed by atoms with E-state index in [9.17, 15) is 0 Å². The molecule has 0 radical (unpaired) electrons. The third kappa shape index (κ3) is 4.32. The van der Waals surface area contributed by atoms with Crippen molar-refractivity contribution in [3.63, 3.8) is 0 Å². The summed E-state index contributed by atoms with van der Waals surface area (Å²) in [6.45, 7) is 2.74. The number of rotatable bonds is 8. The Kier molecular flexibility index (Phi) is 5.52. The average Bonchev–Trinajstić information content (AvgIpc) is 2.92. The summed E-state index contributed by atoms with van der Waals surface area (Å²) < 4.78 is 12.1. The number of aromatic nitrogens is 3. The van der Waals surface area contributed by atoms with Gasteiger partial charge in [0.2, 0.25) is 0 Å². The van der Waals surface area contributed by atoms with E-state index in [1.807, 2.05) is 28.9 Å². The van der Waals surface area contributed by atoms with Crippen molar-refractivity contribution in [2.45, 2.75) is 13.0 Å². The smallest absolute Gasteiger partial charge is 0.181 e. The van der Waals surface area contributed by atoms with Crippen molar-refractivity contribution >= 4 is 5.69 Å². The molecule has 1 heterocycles. The molecule has 0 saturated heterocycles. The highest BCUT2D eigenvalue weighted by atomic mass is 16.5. The van der Waals surface area contributed by atoms with Gasteiger partial charge in [0.05, 0.1) is 13.2 Å². The molecule has 6 heteroatoms. The maximum absolute atomic E-state index is 5.66. The quantitative estimate of drug-likeness (QED) is 0.585. The van der Waals surface area contributed by atoms with Crippen molar-refractivity contribution in [2.24, 2.45) is 0 Å². The Morgan fingerprint density at radius 1 is 1.15 bits per heavy atom. The molecule has 20 heavy (non-hydrogen) atoms. The molecule has 0 saturated carbocycles. The molecule has 2 rings (SSSR count). The van der Waals surface area contributed by atoms with Crippen LogP contribution in [0.5, 0.6) is 0 Å².